The van der Waals surface area contributed by atoms with Crippen LogP contribution in [-0.2, 0) is 4.74 Å². The van der Waals surface area contributed by atoms with Crippen molar-refractivity contribution in [2.45, 2.75) is 6.42 Å². The van der Waals surface area contributed by atoms with E-state index in [4.69, 9.17) is 4.74 Å². The van der Waals surface area contributed by atoms with E-state index in [0.717, 1.165) is 37.1 Å². The minimum atomic E-state index is 0.734. The fourth-order valence-corrected chi connectivity index (χ4v) is 1.50. The third-order valence-corrected chi connectivity index (χ3v) is 2.32. The highest BCUT2D eigenvalue weighted by Gasteiger charge is 2.04. The molecular formula is C12H17NO2. The molecule has 0 radical (unpaired) electrons. The Labute approximate surface area is 90.7 Å². The zero-order valence-electron chi connectivity index (χ0n) is 9.27. The van der Waals surface area contributed by atoms with Crippen LogP contribution in [0.5, 0.6) is 0 Å². The molecule has 82 valence electrons. The molecule has 0 spiro atoms. The summed E-state index contributed by atoms with van der Waals surface area (Å²) in [4.78, 5) is 12.9. The molecule has 0 aliphatic carbocycles. The summed E-state index contributed by atoms with van der Waals surface area (Å²) in [6.07, 6.45) is 1.85. The van der Waals surface area contributed by atoms with Crippen LogP contribution in [-0.4, -0.2) is 33.6 Å². The number of ether oxygens (including phenoxy) is 1. The quantitative estimate of drug-likeness (QED) is 0.527. The van der Waals surface area contributed by atoms with E-state index < -0.39 is 0 Å². The smallest absolute Gasteiger partial charge is 0.152 e. The van der Waals surface area contributed by atoms with Gasteiger partial charge in [-0.2, -0.15) is 0 Å². The van der Waals surface area contributed by atoms with E-state index >= 15 is 0 Å². The second-order valence-electron chi connectivity index (χ2n) is 3.44. The number of carbonyl (C=O) groups excluding carboxylic acids is 1. The van der Waals surface area contributed by atoms with Crippen molar-refractivity contribution in [3.8, 4) is 0 Å². The van der Waals surface area contributed by atoms with Gasteiger partial charge in [0, 0.05) is 38.6 Å². The normalized spacial score (nSPS) is 10.0. The number of benzene rings is 1. The number of methoxy groups -OCH3 is 1. The summed E-state index contributed by atoms with van der Waals surface area (Å²) in [5.74, 6) is 0. The maximum Gasteiger partial charge on any atom is 0.152 e. The molecule has 0 unspecified atom stereocenters. The summed E-state index contributed by atoms with van der Waals surface area (Å²) in [5.41, 5.74) is 1.71. The molecular weight excluding hydrogens is 190 g/mol. The second kappa shape index (κ2) is 6.19. The van der Waals surface area contributed by atoms with Gasteiger partial charge in [0.1, 0.15) is 0 Å². The van der Waals surface area contributed by atoms with Crippen molar-refractivity contribution in [2.24, 2.45) is 0 Å². The van der Waals surface area contributed by atoms with Gasteiger partial charge in [-0.3, -0.25) is 4.79 Å². The first kappa shape index (κ1) is 11.7. The molecule has 1 aromatic carbocycles. The maximum absolute atomic E-state index is 10.8. The number of anilines is 1. The van der Waals surface area contributed by atoms with Crippen molar-refractivity contribution >= 4 is 12.0 Å². The first-order valence-corrected chi connectivity index (χ1v) is 5.04. The van der Waals surface area contributed by atoms with E-state index in [9.17, 15) is 4.79 Å². The van der Waals surface area contributed by atoms with Crippen LogP contribution in [0.1, 0.15) is 16.8 Å². The van der Waals surface area contributed by atoms with E-state index in [1.54, 1.807) is 7.11 Å². The van der Waals surface area contributed by atoms with Gasteiger partial charge in [-0.25, -0.2) is 0 Å². The van der Waals surface area contributed by atoms with Crippen LogP contribution in [0.4, 0.5) is 5.69 Å². The molecule has 0 bridgehead atoms. The molecule has 0 aliphatic heterocycles. The topological polar surface area (TPSA) is 29.5 Å². The van der Waals surface area contributed by atoms with Gasteiger partial charge in [0.05, 0.1) is 0 Å². The van der Waals surface area contributed by atoms with Gasteiger partial charge >= 0.3 is 0 Å². The van der Waals surface area contributed by atoms with Crippen molar-refractivity contribution in [2.75, 3.05) is 32.2 Å². The molecule has 0 aromatic heterocycles. The Balaban J connectivity index is 2.63. The average Bonchev–Trinajstić information content (AvgIpc) is 2.29. The Morgan fingerprint density at radius 3 is 2.80 bits per heavy atom. The molecule has 0 atom stereocenters. The molecule has 0 amide bonds. The van der Waals surface area contributed by atoms with Crippen molar-refractivity contribution in [3.63, 3.8) is 0 Å². The van der Waals surface area contributed by atoms with Crippen molar-refractivity contribution < 1.29 is 9.53 Å². The second-order valence-corrected chi connectivity index (χ2v) is 3.44. The lowest BCUT2D eigenvalue weighted by Crippen LogP contribution is -2.20. The number of nitrogens with zero attached hydrogens (tertiary/aromatic N) is 1. The molecule has 0 heterocycles. The van der Waals surface area contributed by atoms with Crippen LogP contribution in [0.25, 0.3) is 0 Å². The monoisotopic (exact) mass is 207 g/mol. The summed E-state index contributed by atoms with van der Waals surface area (Å²) in [7, 11) is 3.68. The van der Waals surface area contributed by atoms with Crippen molar-refractivity contribution in [3.05, 3.63) is 29.8 Å². The maximum atomic E-state index is 10.8. The number of aldehydes is 1. The fraction of sp³-hybridized carbons (Fsp3) is 0.417. The number of hydrogen-bond acceptors (Lipinski definition) is 3. The van der Waals surface area contributed by atoms with Gasteiger partial charge in [-0.15, -0.1) is 0 Å². The first-order valence-electron chi connectivity index (χ1n) is 5.04. The average molecular weight is 207 g/mol. The third-order valence-electron chi connectivity index (χ3n) is 2.32. The molecule has 3 heteroatoms. The van der Waals surface area contributed by atoms with Gasteiger partial charge in [0.25, 0.3) is 0 Å². The first-order chi connectivity index (χ1) is 7.29. The van der Waals surface area contributed by atoms with Crippen LogP contribution < -0.4 is 4.90 Å². The fourth-order valence-electron chi connectivity index (χ4n) is 1.50. The molecule has 0 saturated carbocycles. The van der Waals surface area contributed by atoms with Crippen LogP contribution in [0, 0.1) is 0 Å². The highest BCUT2D eigenvalue weighted by molar-refractivity contribution is 5.84. The Bertz CT molecular complexity index is 312. The predicted molar refractivity (Wildman–Crippen MR) is 61.6 cm³/mol. The molecule has 0 aliphatic rings. The van der Waals surface area contributed by atoms with E-state index in [2.05, 4.69) is 4.90 Å². The number of rotatable bonds is 6. The van der Waals surface area contributed by atoms with E-state index in [0.29, 0.717) is 0 Å². The zero-order valence-corrected chi connectivity index (χ0v) is 9.27. The lowest BCUT2D eigenvalue weighted by atomic mass is 10.2. The van der Waals surface area contributed by atoms with Gasteiger partial charge < -0.3 is 9.64 Å². The largest absolute Gasteiger partial charge is 0.385 e. The van der Waals surface area contributed by atoms with E-state index in [1.165, 1.54) is 0 Å². The SMILES string of the molecule is COCCCN(C)c1ccccc1C=O. The Hall–Kier alpha value is -1.35. The van der Waals surface area contributed by atoms with E-state index in [-0.39, 0.29) is 0 Å². The summed E-state index contributed by atoms with van der Waals surface area (Å²) in [5, 5.41) is 0. The lowest BCUT2D eigenvalue weighted by molar-refractivity contribution is 0.112. The highest BCUT2D eigenvalue weighted by Crippen LogP contribution is 2.17. The van der Waals surface area contributed by atoms with Crippen LogP contribution >= 0.6 is 0 Å². The minimum absolute atomic E-state index is 0.734. The predicted octanol–water partition coefficient (Wildman–Crippen LogP) is 1.97. The number of carbonyl (C=O) groups is 1. The zero-order chi connectivity index (χ0) is 11.1. The molecule has 0 saturated heterocycles. The minimum Gasteiger partial charge on any atom is -0.385 e. The molecule has 1 aromatic rings. The number of hydrogen-bond donors (Lipinski definition) is 0. The van der Waals surface area contributed by atoms with Gasteiger partial charge in [-0.1, -0.05) is 12.1 Å². The Morgan fingerprint density at radius 1 is 1.40 bits per heavy atom. The van der Waals surface area contributed by atoms with Crippen LogP contribution in [0.3, 0.4) is 0 Å². The van der Waals surface area contributed by atoms with E-state index in [1.807, 2.05) is 31.3 Å². The number of para-hydroxylation sites is 1. The summed E-state index contributed by atoms with van der Waals surface area (Å²) < 4.78 is 4.99. The summed E-state index contributed by atoms with van der Waals surface area (Å²) >= 11 is 0. The van der Waals surface area contributed by atoms with Crippen molar-refractivity contribution in [1.29, 1.82) is 0 Å². The molecule has 15 heavy (non-hydrogen) atoms. The highest BCUT2D eigenvalue weighted by atomic mass is 16.5. The summed E-state index contributed by atoms with van der Waals surface area (Å²) in [6, 6.07) is 7.59. The van der Waals surface area contributed by atoms with Gasteiger partial charge in [0.15, 0.2) is 6.29 Å². The summed E-state index contributed by atoms with van der Waals surface area (Å²) in [6.45, 7) is 1.63. The van der Waals surface area contributed by atoms with Crippen LogP contribution in [0.15, 0.2) is 24.3 Å². The third kappa shape index (κ3) is 3.36. The lowest BCUT2D eigenvalue weighted by Gasteiger charge is -2.20. The molecule has 3 nitrogen and oxygen atoms in total. The van der Waals surface area contributed by atoms with Gasteiger partial charge in [0.2, 0.25) is 0 Å². The molecule has 0 fully saturated rings. The molecule has 0 N–H and O–H groups in total. The van der Waals surface area contributed by atoms with Crippen LogP contribution in [0.2, 0.25) is 0 Å². The van der Waals surface area contributed by atoms with Gasteiger partial charge in [-0.05, 0) is 18.6 Å². The standard InChI is InChI=1S/C12H17NO2/c1-13(8-5-9-15-2)12-7-4-3-6-11(12)10-14/h3-4,6-7,10H,5,8-9H2,1-2H3. The van der Waals surface area contributed by atoms with Crippen molar-refractivity contribution in [1.82, 2.24) is 0 Å². The Kier molecular flexibility index (Phi) is 4.84. The Morgan fingerprint density at radius 2 is 2.13 bits per heavy atom. The molecule has 1 rings (SSSR count).